The van der Waals surface area contributed by atoms with Crippen LogP contribution >= 0.6 is 0 Å². The van der Waals surface area contributed by atoms with Crippen LogP contribution in [0.2, 0.25) is 0 Å². The summed E-state index contributed by atoms with van der Waals surface area (Å²) in [6, 6.07) is 0. The maximum Gasteiger partial charge on any atom is 0.183 e. The van der Waals surface area contributed by atoms with Gasteiger partial charge in [0.15, 0.2) is 12.1 Å². The highest BCUT2D eigenvalue weighted by Crippen LogP contribution is 2.27. The predicted molar refractivity (Wildman–Crippen MR) is 45.6 cm³/mol. The molecule has 1 saturated heterocycles. The quantitative estimate of drug-likeness (QED) is 0.473. The Morgan fingerprint density at radius 2 is 2.23 bits per heavy atom. The summed E-state index contributed by atoms with van der Waals surface area (Å²) in [5.41, 5.74) is 0. The molecule has 2 atom stereocenters. The number of methoxy groups -OCH3 is 1. The molecule has 1 heterocycles. The summed E-state index contributed by atoms with van der Waals surface area (Å²) in [6.45, 7) is 0.978. The molecular formula is C7H15NO4S. The van der Waals surface area contributed by atoms with Crippen molar-refractivity contribution in [2.24, 2.45) is 0 Å². The lowest BCUT2D eigenvalue weighted by molar-refractivity contribution is -0.926. The first-order valence-corrected chi connectivity index (χ1v) is 5.65. The van der Waals surface area contributed by atoms with Gasteiger partial charge in [-0.25, -0.2) is 8.42 Å². The lowest BCUT2D eigenvalue weighted by atomic mass is 10.4. The second kappa shape index (κ2) is 3.53. The van der Waals surface area contributed by atoms with E-state index >= 15 is 0 Å². The highest BCUT2D eigenvalue weighted by Gasteiger charge is 2.42. The van der Waals surface area contributed by atoms with Gasteiger partial charge in [0.2, 0.25) is 0 Å². The normalized spacial score (nSPS) is 35.2. The van der Waals surface area contributed by atoms with Crippen molar-refractivity contribution in [1.29, 1.82) is 0 Å². The van der Waals surface area contributed by atoms with E-state index in [9.17, 15) is 13.0 Å². The van der Waals surface area contributed by atoms with Crippen LogP contribution in [0.3, 0.4) is 0 Å². The molecule has 0 aromatic carbocycles. The van der Waals surface area contributed by atoms with E-state index in [1.165, 1.54) is 7.11 Å². The van der Waals surface area contributed by atoms with E-state index in [1.807, 2.05) is 0 Å². The van der Waals surface area contributed by atoms with E-state index in [0.717, 1.165) is 6.42 Å². The smallest absolute Gasteiger partial charge is 0.183 e. The zero-order valence-corrected chi connectivity index (χ0v) is 8.71. The van der Waals surface area contributed by atoms with Crippen molar-refractivity contribution in [3.05, 3.63) is 0 Å². The van der Waals surface area contributed by atoms with Crippen molar-refractivity contribution in [2.75, 3.05) is 27.4 Å². The van der Waals surface area contributed by atoms with Gasteiger partial charge in [0.1, 0.15) is 10.1 Å². The second-order valence-electron chi connectivity index (χ2n) is 3.71. The molecule has 0 spiro atoms. The van der Waals surface area contributed by atoms with E-state index < -0.39 is 15.5 Å². The molecule has 0 aromatic heterocycles. The third kappa shape index (κ3) is 2.19. The SMILES string of the molecule is COC[N+]1(C)CCCC1S(=O)(=O)[O-]. The minimum absolute atomic E-state index is 0.197. The van der Waals surface area contributed by atoms with Gasteiger partial charge in [0.05, 0.1) is 13.6 Å². The first kappa shape index (κ1) is 10.9. The molecule has 0 radical (unpaired) electrons. The molecule has 0 N–H and O–H groups in total. The fraction of sp³-hybridized carbons (Fsp3) is 1.00. The zero-order chi connectivity index (χ0) is 10.1. The number of quaternary nitrogens is 1. The van der Waals surface area contributed by atoms with E-state index in [0.29, 0.717) is 13.0 Å². The number of rotatable bonds is 3. The van der Waals surface area contributed by atoms with Crippen LogP contribution in [0.15, 0.2) is 0 Å². The minimum atomic E-state index is -4.19. The van der Waals surface area contributed by atoms with Crippen molar-refractivity contribution in [1.82, 2.24) is 0 Å². The molecule has 0 aromatic rings. The number of ether oxygens (including phenoxy) is 1. The first-order chi connectivity index (χ1) is 5.90. The maximum absolute atomic E-state index is 10.9. The van der Waals surface area contributed by atoms with Crippen LogP contribution in [0, 0.1) is 0 Å². The number of nitrogens with zero attached hydrogens (tertiary/aromatic N) is 1. The lowest BCUT2D eigenvalue weighted by Gasteiger charge is -2.35. The molecule has 0 aliphatic carbocycles. The fourth-order valence-electron chi connectivity index (χ4n) is 1.98. The van der Waals surface area contributed by atoms with Gasteiger partial charge in [-0.1, -0.05) is 0 Å². The Bertz CT molecular complexity index is 276. The predicted octanol–water partition coefficient (Wildman–Crippen LogP) is -0.298. The molecule has 5 nitrogen and oxygen atoms in total. The van der Waals surface area contributed by atoms with Crippen LogP contribution in [-0.4, -0.2) is 50.3 Å². The summed E-state index contributed by atoms with van der Waals surface area (Å²) in [6.07, 6.45) is 1.22. The topological polar surface area (TPSA) is 66.4 Å². The summed E-state index contributed by atoms with van der Waals surface area (Å²) < 4.78 is 37.8. The fourth-order valence-corrected chi connectivity index (χ4v) is 3.23. The van der Waals surface area contributed by atoms with Crippen LogP contribution in [0.4, 0.5) is 0 Å². The Hall–Kier alpha value is -0.170. The van der Waals surface area contributed by atoms with E-state index in [2.05, 4.69) is 0 Å². The minimum Gasteiger partial charge on any atom is -0.743 e. The summed E-state index contributed by atoms with van der Waals surface area (Å²) in [5, 5.41) is -0.826. The standard InChI is InChI=1S/C7H15NO4S/c1-8(6-12-2)5-3-4-7(8)13(9,10)11/h7H,3-6H2,1-2H3. The molecule has 78 valence electrons. The highest BCUT2D eigenvalue weighted by atomic mass is 32.2. The van der Waals surface area contributed by atoms with Crippen LogP contribution in [0.5, 0.6) is 0 Å². The molecule has 2 unspecified atom stereocenters. The number of hydrogen-bond donors (Lipinski definition) is 0. The van der Waals surface area contributed by atoms with Gasteiger partial charge < -0.3 is 9.29 Å². The van der Waals surface area contributed by atoms with Gasteiger partial charge in [-0.2, -0.15) is 0 Å². The molecular weight excluding hydrogens is 194 g/mol. The van der Waals surface area contributed by atoms with Gasteiger partial charge in [-0.05, 0) is 0 Å². The summed E-state index contributed by atoms with van der Waals surface area (Å²) in [4.78, 5) is 0. The Labute approximate surface area is 78.6 Å². The Morgan fingerprint density at radius 3 is 2.69 bits per heavy atom. The van der Waals surface area contributed by atoms with Gasteiger partial charge in [-0.15, -0.1) is 0 Å². The van der Waals surface area contributed by atoms with E-state index in [4.69, 9.17) is 4.74 Å². The second-order valence-corrected chi connectivity index (χ2v) is 5.24. The molecule has 1 aliphatic rings. The third-order valence-electron chi connectivity index (χ3n) is 2.57. The summed E-state index contributed by atoms with van der Waals surface area (Å²) in [7, 11) is -0.933. The molecule has 0 amide bonds. The van der Waals surface area contributed by atoms with Gasteiger partial charge in [0, 0.05) is 20.0 Å². The zero-order valence-electron chi connectivity index (χ0n) is 7.89. The Balaban J connectivity index is 2.86. The maximum atomic E-state index is 10.9. The first-order valence-electron chi connectivity index (χ1n) is 4.18. The average Bonchev–Trinajstić information content (AvgIpc) is 2.30. The van der Waals surface area contributed by atoms with Gasteiger partial charge in [-0.3, -0.25) is 4.48 Å². The Kier molecular flexibility index (Phi) is 2.96. The van der Waals surface area contributed by atoms with Crippen molar-refractivity contribution in [3.63, 3.8) is 0 Å². The summed E-state index contributed by atoms with van der Waals surface area (Å²) >= 11 is 0. The van der Waals surface area contributed by atoms with Crippen molar-refractivity contribution in [3.8, 4) is 0 Å². The molecule has 6 heteroatoms. The molecule has 1 fully saturated rings. The largest absolute Gasteiger partial charge is 0.743 e. The van der Waals surface area contributed by atoms with Gasteiger partial charge >= 0.3 is 0 Å². The van der Waals surface area contributed by atoms with Crippen molar-refractivity contribution >= 4 is 10.1 Å². The van der Waals surface area contributed by atoms with E-state index in [1.54, 1.807) is 7.05 Å². The van der Waals surface area contributed by atoms with Crippen LogP contribution in [0.1, 0.15) is 12.8 Å². The molecule has 0 saturated carbocycles. The third-order valence-corrected chi connectivity index (χ3v) is 3.98. The molecule has 1 rings (SSSR count). The molecule has 0 bridgehead atoms. The Morgan fingerprint density at radius 1 is 1.62 bits per heavy atom. The highest BCUT2D eigenvalue weighted by molar-refractivity contribution is 7.86. The number of likely N-dealkylation sites (tertiary alicyclic amines) is 1. The van der Waals surface area contributed by atoms with Crippen LogP contribution < -0.4 is 0 Å². The number of hydrogen-bond acceptors (Lipinski definition) is 4. The summed E-state index contributed by atoms with van der Waals surface area (Å²) in [5.74, 6) is 0. The van der Waals surface area contributed by atoms with E-state index in [-0.39, 0.29) is 11.2 Å². The average molecular weight is 209 g/mol. The lowest BCUT2D eigenvalue weighted by Crippen LogP contribution is -2.52. The molecule has 1 aliphatic heterocycles. The van der Waals surface area contributed by atoms with Crippen molar-refractivity contribution in [2.45, 2.75) is 18.2 Å². The van der Waals surface area contributed by atoms with Crippen LogP contribution in [0.25, 0.3) is 0 Å². The molecule has 13 heavy (non-hydrogen) atoms. The monoisotopic (exact) mass is 209 g/mol. The van der Waals surface area contributed by atoms with Gasteiger partial charge in [0.25, 0.3) is 0 Å². The van der Waals surface area contributed by atoms with Crippen LogP contribution in [-0.2, 0) is 14.9 Å². The van der Waals surface area contributed by atoms with Crippen molar-refractivity contribution < 1.29 is 22.2 Å².